The molecule has 4 heteroatoms. The van der Waals surface area contributed by atoms with Crippen LogP contribution in [0.25, 0.3) is 0 Å². The van der Waals surface area contributed by atoms with Crippen LogP contribution in [0.3, 0.4) is 0 Å². The van der Waals surface area contributed by atoms with Crippen molar-refractivity contribution in [2.75, 3.05) is 59.9 Å². The SMILES string of the molecule is CN(C)CCCN1CCN(C(C)(C)CN)CC1. The molecule has 0 atom stereocenters. The van der Waals surface area contributed by atoms with E-state index in [1.165, 1.54) is 32.6 Å². The van der Waals surface area contributed by atoms with Crippen LogP contribution >= 0.6 is 0 Å². The summed E-state index contributed by atoms with van der Waals surface area (Å²) in [6.45, 7) is 12.4. The van der Waals surface area contributed by atoms with Gasteiger partial charge in [0, 0.05) is 38.3 Å². The van der Waals surface area contributed by atoms with Gasteiger partial charge in [-0.25, -0.2) is 0 Å². The Morgan fingerprint density at radius 3 is 2.18 bits per heavy atom. The number of nitrogens with two attached hydrogens (primary N) is 1. The minimum Gasteiger partial charge on any atom is -0.329 e. The lowest BCUT2D eigenvalue weighted by atomic mass is 10.0. The Morgan fingerprint density at radius 1 is 1.12 bits per heavy atom. The molecule has 102 valence electrons. The van der Waals surface area contributed by atoms with Crippen LogP contribution in [-0.2, 0) is 0 Å². The first-order valence-electron chi connectivity index (χ1n) is 6.78. The van der Waals surface area contributed by atoms with E-state index in [-0.39, 0.29) is 5.54 Å². The first kappa shape index (κ1) is 14.9. The predicted molar refractivity (Wildman–Crippen MR) is 74.3 cm³/mol. The fourth-order valence-corrected chi connectivity index (χ4v) is 2.32. The molecule has 2 N–H and O–H groups in total. The Labute approximate surface area is 107 Å². The minimum atomic E-state index is 0.162. The van der Waals surface area contributed by atoms with Gasteiger partial charge in [0.2, 0.25) is 0 Å². The summed E-state index contributed by atoms with van der Waals surface area (Å²) in [5.74, 6) is 0. The molecule has 0 spiro atoms. The second-order valence-electron chi connectivity index (χ2n) is 6.00. The average molecular weight is 242 g/mol. The second kappa shape index (κ2) is 6.69. The van der Waals surface area contributed by atoms with Crippen LogP contribution in [0.5, 0.6) is 0 Å². The van der Waals surface area contributed by atoms with E-state index < -0.39 is 0 Å². The van der Waals surface area contributed by atoms with E-state index in [2.05, 4.69) is 42.6 Å². The quantitative estimate of drug-likeness (QED) is 0.726. The molecule has 17 heavy (non-hydrogen) atoms. The van der Waals surface area contributed by atoms with Crippen molar-refractivity contribution in [1.29, 1.82) is 0 Å². The molecule has 1 aliphatic rings. The zero-order chi connectivity index (χ0) is 12.9. The second-order valence-corrected chi connectivity index (χ2v) is 6.00. The largest absolute Gasteiger partial charge is 0.329 e. The Bertz CT molecular complexity index is 207. The highest BCUT2D eigenvalue weighted by Crippen LogP contribution is 2.15. The highest BCUT2D eigenvalue weighted by molar-refractivity contribution is 4.86. The molecule has 1 heterocycles. The monoisotopic (exact) mass is 242 g/mol. The van der Waals surface area contributed by atoms with Crippen molar-refractivity contribution < 1.29 is 0 Å². The molecule has 0 aromatic carbocycles. The van der Waals surface area contributed by atoms with Gasteiger partial charge in [0.05, 0.1) is 0 Å². The van der Waals surface area contributed by atoms with Gasteiger partial charge in [0.15, 0.2) is 0 Å². The topological polar surface area (TPSA) is 35.7 Å². The molecule has 0 amide bonds. The van der Waals surface area contributed by atoms with Crippen molar-refractivity contribution in [2.45, 2.75) is 25.8 Å². The van der Waals surface area contributed by atoms with Crippen LogP contribution < -0.4 is 5.73 Å². The molecule has 0 aromatic heterocycles. The van der Waals surface area contributed by atoms with Crippen LogP contribution in [0, 0.1) is 0 Å². The van der Waals surface area contributed by atoms with E-state index in [0.29, 0.717) is 0 Å². The van der Waals surface area contributed by atoms with E-state index in [4.69, 9.17) is 5.73 Å². The summed E-state index contributed by atoms with van der Waals surface area (Å²) in [4.78, 5) is 7.36. The van der Waals surface area contributed by atoms with E-state index >= 15 is 0 Å². The van der Waals surface area contributed by atoms with Crippen LogP contribution in [0.2, 0.25) is 0 Å². The molecule has 1 saturated heterocycles. The maximum atomic E-state index is 5.82. The van der Waals surface area contributed by atoms with Crippen LogP contribution in [0.1, 0.15) is 20.3 Å². The summed E-state index contributed by atoms with van der Waals surface area (Å²) in [5.41, 5.74) is 5.99. The highest BCUT2D eigenvalue weighted by Gasteiger charge is 2.28. The van der Waals surface area contributed by atoms with Gasteiger partial charge in [0.25, 0.3) is 0 Å². The molecule has 0 aliphatic carbocycles. The van der Waals surface area contributed by atoms with Crippen molar-refractivity contribution >= 4 is 0 Å². The van der Waals surface area contributed by atoms with Crippen molar-refractivity contribution in [3.63, 3.8) is 0 Å². The molecule has 0 radical (unpaired) electrons. The smallest absolute Gasteiger partial charge is 0.0276 e. The van der Waals surface area contributed by atoms with Gasteiger partial charge < -0.3 is 15.5 Å². The third kappa shape index (κ3) is 4.92. The summed E-state index contributed by atoms with van der Waals surface area (Å²) in [5, 5.41) is 0. The Morgan fingerprint density at radius 2 is 1.71 bits per heavy atom. The number of rotatable bonds is 6. The zero-order valence-corrected chi connectivity index (χ0v) is 12.1. The molecule has 0 unspecified atom stereocenters. The number of piperazine rings is 1. The molecule has 0 bridgehead atoms. The third-order valence-electron chi connectivity index (χ3n) is 3.81. The molecular formula is C13H30N4. The Kier molecular flexibility index (Phi) is 5.86. The summed E-state index contributed by atoms with van der Waals surface area (Å²) < 4.78 is 0. The Hall–Kier alpha value is -0.160. The van der Waals surface area contributed by atoms with Crippen molar-refractivity contribution in [3.8, 4) is 0 Å². The lowest BCUT2D eigenvalue weighted by molar-refractivity contribution is 0.0557. The first-order chi connectivity index (χ1) is 7.95. The lowest BCUT2D eigenvalue weighted by Crippen LogP contribution is -2.57. The van der Waals surface area contributed by atoms with Gasteiger partial charge in [-0.05, 0) is 47.5 Å². The summed E-state index contributed by atoms with van der Waals surface area (Å²) in [6.07, 6.45) is 1.27. The number of hydrogen-bond acceptors (Lipinski definition) is 4. The van der Waals surface area contributed by atoms with E-state index in [1.807, 2.05) is 0 Å². The fourth-order valence-electron chi connectivity index (χ4n) is 2.32. The summed E-state index contributed by atoms with van der Waals surface area (Å²) in [6, 6.07) is 0. The van der Waals surface area contributed by atoms with E-state index in [1.54, 1.807) is 0 Å². The average Bonchev–Trinajstić information content (AvgIpc) is 2.29. The molecular weight excluding hydrogens is 212 g/mol. The van der Waals surface area contributed by atoms with Gasteiger partial charge >= 0.3 is 0 Å². The molecule has 1 fully saturated rings. The zero-order valence-electron chi connectivity index (χ0n) is 12.1. The number of hydrogen-bond donors (Lipinski definition) is 1. The van der Waals surface area contributed by atoms with E-state index in [0.717, 1.165) is 19.6 Å². The van der Waals surface area contributed by atoms with Gasteiger partial charge in [0.1, 0.15) is 0 Å². The maximum absolute atomic E-state index is 5.82. The highest BCUT2D eigenvalue weighted by atomic mass is 15.3. The van der Waals surface area contributed by atoms with Crippen LogP contribution in [-0.4, -0.2) is 80.1 Å². The van der Waals surface area contributed by atoms with Crippen molar-refractivity contribution in [2.24, 2.45) is 5.73 Å². The van der Waals surface area contributed by atoms with E-state index in [9.17, 15) is 0 Å². The summed E-state index contributed by atoms with van der Waals surface area (Å²) in [7, 11) is 4.28. The molecule has 0 aromatic rings. The predicted octanol–water partition coefficient (Wildman–Crippen LogP) is 0.293. The molecule has 1 aliphatic heterocycles. The van der Waals surface area contributed by atoms with Crippen LogP contribution in [0.4, 0.5) is 0 Å². The summed E-state index contributed by atoms with van der Waals surface area (Å²) >= 11 is 0. The van der Waals surface area contributed by atoms with Crippen molar-refractivity contribution in [3.05, 3.63) is 0 Å². The normalized spacial score (nSPS) is 20.1. The first-order valence-corrected chi connectivity index (χ1v) is 6.78. The molecule has 4 nitrogen and oxygen atoms in total. The van der Waals surface area contributed by atoms with Gasteiger partial charge in [-0.3, -0.25) is 4.90 Å². The maximum Gasteiger partial charge on any atom is 0.0276 e. The minimum absolute atomic E-state index is 0.162. The third-order valence-corrected chi connectivity index (χ3v) is 3.81. The Balaban J connectivity index is 2.22. The number of nitrogens with zero attached hydrogens (tertiary/aromatic N) is 3. The van der Waals surface area contributed by atoms with Crippen molar-refractivity contribution in [1.82, 2.24) is 14.7 Å². The standard InChI is InChI=1S/C13H30N4/c1-13(2,12-14)17-10-8-16(9-11-17)7-5-6-15(3)4/h5-12,14H2,1-4H3. The van der Waals surface area contributed by atoms with Gasteiger partial charge in [-0.2, -0.15) is 0 Å². The molecule has 0 saturated carbocycles. The van der Waals surface area contributed by atoms with Gasteiger partial charge in [-0.15, -0.1) is 0 Å². The fraction of sp³-hybridized carbons (Fsp3) is 1.00. The molecule has 1 rings (SSSR count). The lowest BCUT2D eigenvalue weighted by Gasteiger charge is -2.43. The van der Waals surface area contributed by atoms with Gasteiger partial charge in [-0.1, -0.05) is 0 Å². The van der Waals surface area contributed by atoms with Crippen LogP contribution in [0.15, 0.2) is 0 Å².